The Labute approximate surface area is 107 Å². The highest BCUT2D eigenvalue weighted by atomic mass is 79.9. The molecule has 0 spiro atoms. The second kappa shape index (κ2) is 6.25. The molecule has 90 valence electrons. The van der Waals surface area contributed by atoms with Gasteiger partial charge in [0, 0.05) is 33.3 Å². The zero-order chi connectivity index (χ0) is 12.1. The third-order valence-electron chi connectivity index (χ3n) is 2.25. The molecule has 1 rings (SSSR count). The number of benzene rings is 1. The number of rotatable bonds is 5. The van der Waals surface area contributed by atoms with E-state index < -0.39 is 10.8 Å². The largest absolute Gasteiger partial charge is 0.397 e. The summed E-state index contributed by atoms with van der Waals surface area (Å²) in [5, 5.41) is 3.31. The van der Waals surface area contributed by atoms with Crippen LogP contribution in [-0.4, -0.2) is 22.3 Å². The number of nitrogen functional groups attached to an aromatic ring is 1. The van der Waals surface area contributed by atoms with Crippen molar-refractivity contribution in [2.75, 3.05) is 23.1 Å². The molecule has 0 saturated carbocycles. The zero-order valence-corrected chi connectivity index (χ0v) is 11.9. The second-order valence-corrected chi connectivity index (χ2v) is 6.31. The molecule has 3 nitrogen and oxygen atoms in total. The summed E-state index contributed by atoms with van der Waals surface area (Å²) in [5.41, 5.74) is 7.52. The van der Waals surface area contributed by atoms with Gasteiger partial charge < -0.3 is 11.1 Å². The lowest BCUT2D eigenvalue weighted by Crippen LogP contribution is -2.18. The number of anilines is 2. The zero-order valence-electron chi connectivity index (χ0n) is 9.50. The van der Waals surface area contributed by atoms with E-state index in [-0.39, 0.29) is 6.04 Å². The van der Waals surface area contributed by atoms with Crippen LogP contribution in [0.4, 0.5) is 11.4 Å². The third-order valence-corrected chi connectivity index (χ3v) is 3.56. The summed E-state index contributed by atoms with van der Waals surface area (Å²) in [4.78, 5) is 0. The van der Waals surface area contributed by atoms with E-state index in [4.69, 9.17) is 5.73 Å². The van der Waals surface area contributed by atoms with E-state index in [0.29, 0.717) is 5.75 Å². The van der Waals surface area contributed by atoms with E-state index in [1.165, 1.54) is 0 Å². The molecule has 0 bridgehead atoms. The Kier molecular flexibility index (Phi) is 5.28. The Balaban J connectivity index is 2.55. The fourth-order valence-corrected chi connectivity index (χ4v) is 2.41. The van der Waals surface area contributed by atoms with E-state index in [1.54, 1.807) is 6.26 Å². The van der Waals surface area contributed by atoms with E-state index in [2.05, 4.69) is 28.2 Å². The molecule has 1 aromatic rings. The second-order valence-electron chi connectivity index (χ2n) is 3.84. The van der Waals surface area contributed by atoms with Gasteiger partial charge in [-0.15, -0.1) is 0 Å². The van der Waals surface area contributed by atoms with Crippen molar-refractivity contribution in [1.82, 2.24) is 0 Å². The molecule has 0 fully saturated rings. The molecule has 1 aromatic carbocycles. The molecular formula is C11H17BrN2OS. The van der Waals surface area contributed by atoms with Crippen molar-refractivity contribution < 1.29 is 4.21 Å². The van der Waals surface area contributed by atoms with Gasteiger partial charge in [0.05, 0.1) is 11.4 Å². The lowest BCUT2D eigenvalue weighted by Gasteiger charge is -2.16. The normalized spacial score (nSPS) is 14.4. The lowest BCUT2D eigenvalue weighted by molar-refractivity contribution is 0.678. The van der Waals surface area contributed by atoms with Crippen LogP contribution in [0.25, 0.3) is 0 Å². The van der Waals surface area contributed by atoms with Gasteiger partial charge >= 0.3 is 0 Å². The minimum absolute atomic E-state index is 0.271. The average molecular weight is 305 g/mol. The highest BCUT2D eigenvalue weighted by Gasteiger charge is 2.05. The maximum absolute atomic E-state index is 11.0. The molecule has 5 heteroatoms. The Morgan fingerprint density at radius 3 is 2.81 bits per heavy atom. The Morgan fingerprint density at radius 2 is 2.25 bits per heavy atom. The van der Waals surface area contributed by atoms with Crippen molar-refractivity contribution in [3.8, 4) is 0 Å². The van der Waals surface area contributed by atoms with Crippen molar-refractivity contribution in [1.29, 1.82) is 0 Å². The third kappa shape index (κ3) is 4.53. The van der Waals surface area contributed by atoms with Gasteiger partial charge in [0.1, 0.15) is 0 Å². The van der Waals surface area contributed by atoms with Crippen molar-refractivity contribution in [2.24, 2.45) is 0 Å². The molecule has 2 unspecified atom stereocenters. The summed E-state index contributed by atoms with van der Waals surface area (Å²) < 4.78 is 11.9. The average Bonchev–Trinajstić information content (AvgIpc) is 2.19. The van der Waals surface area contributed by atoms with Crippen LogP contribution in [0.3, 0.4) is 0 Å². The van der Waals surface area contributed by atoms with Gasteiger partial charge in [-0.2, -0.15) is 0 Å². The van der Waals surface area contributed by atoms with E-state index in [1.807, 2.05) is 18.2 Å². The highest BCUT2D eigenvalue weighted by Crippen LogP contribution is 2.23. The van der Waals surface area contributed by atoms with Gasteiger partial charge in [0.2, 0.25) is 0 Å². The summed E-state index contributed by atoms with van der Waals surface area (Å²) in [6.45, 7) is 2.06. The smallest absolute Gasteiger partial charge is 0.0576 e. The maximum Gasteiger partial charge on any atom is 0.0576 e. The molecule has 0 aromatic heterocycles. The first-order valence-corrected chi connectivity index (χ1v) is 7.62. The molecule has 0 heterocycles. The summed E-state index contributed by atoms with van der Waals surface area (Å²) in [6, 6.07) is 6.03. The number of hydrogen-bond acceptors (Lipinski definition) is 3. The maximum atomic E-state index is 11.0. The molecule has 0 radical (unpaired) electrons. The minimum Gasteiger partial charge on any atom is -0.397 e. The monoisotopic (exact) mass is 304 g/mol. The molecule has 0 amide bonds. The van der Waals surface area contributed by atoms with Crippen molar-refractivity contribution in [3.05, 3.63) is 22.7 Å². The fraction of sp³-hybridized carbons (Fsp3) is 0.455. The Bertz CT molecular complexity index is 384. The summed E-state index contributed by atoms with van der Waals surface area (Å²) in [6.07, 6.45) is 2.60. The van der Waals surface area contributed by atoms with Crippen LogP contribution in [0, 0.1) is 0 Å². The van der Waals surface area contributed by atoms with Gasteiger partial charge in [-0.3, -0.25) is 4.21 Å². The number of hydrogen-bond donors (Lipinski definition) is 2. The van der Waals surface area contributed by atoms with Gasteiger partial charge in [-0.1, -0.05) is 15.9 Å². The van der Waals surface area contributed by atoms with Crippen LogP contribution < -0.4 is 11.1 Å². The standard InChI is InChI=1S/C11H17BrN2OS/c1-8(5-6-16(2)15)14-11-4-3-9(12)7-10(11)13/h3-4,7-8,14H,5-6,13H2,1-2H3. The summed E-state index contributed by atoms with van der Waals surface area (Å²) in [7, 11) is -0.732. The van der Waals surface area contributed by atoms with Gasteiger partial charge in [0.15, 0.2) is 0 Å². The Morgan fingerprint density at radius 1 is 1.56 bits per heavy atom. The molecule has 0 saturated heterocycles. The molecular weight excluding hydrogens is 288 g/mol. The van der Waals surface area contributed by atoms with Crippen LogP contribution in [0.1, 0.15) is 13.3 Å². The molecule has 2 atom stereocenters. The van der Waals surface area contributed by atoms with Crippen LogP contribution in [0.5, 0.6) is 0 Å². The van der Waals surface area contributed by atoms with Gasteiger partial charge in [0.25, 0.3) is 0 Å². The van der Waals surface area contributed by atoms with Crippen LogP contribution in [-0.2, 0) is 10.8 Å². The summed E-state index contributed by atoms with van der Waals surface area (Å²) in [5.74, 6) is 0.713. The van der Waals surface area contributed by atoms with E-state index in [9.17, 15) is 4.21 Å². The quantitative estimate of drug-likeness (QED) is 0.822. The predicted molar refractivity (Wildman–Crippen MR) is 75.2 cm³/mol. The van der Waals surface area contributed by atoms with Crippen molar-refractivity contribution >= 4 is 38.1 Å². The summed E-state index contributed by atoms with van der Waals surface area (Å²) >= 11 is 3.36. The lowest BCUT2D eigenvalue weighted by atomic mass is 10.2. The Hall–Kier alpha value is -0.550. The van der Waals surface area contributed by atoms with Crippen LogP contribution >= 0.6 is 15.9 Å². The number of nitrogens with one attached hydrogen (secondary N) is 1. The number of nitrogens with two attached hydrogens (primary N) is 1. The number of halogens is 1. The first-order chi connectivity index (χ1) is 7.49. The topological polar surface area (TPSA) is 55.1 Å². The van der Waals surface area contributed by atoms with E-state index >= 15 is 0 Å². The SMILES string of the molecule is CC(CCS(C)=O)Nc1ccc(Br)cc1N. The van der Waals surface area contributed by atoms with E-state index in [0.717, 1.165) is 22.3 Å². The molecule has 0 aliphatic rings. The minimum atomic E-state index is -0.732. The predicted octanol–water partition coefficient (Wildman–Crippen LogP) is 2.60. The molecule has 0 aliphatic heterocycles. The highest BCUT2D eigenvalue weighted by molar-refractivity contribution is 9.10. The molecule has 16 heavy (non-hydrogen) atoms. The van der Waals surface area contributed by atoms with Crippen LogP contribution in [0.15, 0.2) is 22.7 Å². The molecule has 0 aliphatic carbocycles. The van der Waals surface area contributed by atoms with Gasteiger partial charge in [-0.25, -0.2) is 0 Å². The van der Waals surface area contributed by atoms with Gasteiger partial charge in [-0.05, 0) is 31.5 Å². The fourth-order valence-electron chi connectivity index (χ4n) is 1.35. The first kappa shape index (κ1) is 13.5. The van der Waals surface area contributed by atoms with Crippen molar-refractivity contribution in [2.45, 2.75) is 19.4 Å². The first-order valence-electron chi connectivity index (χ1n) is 5.10. The molecule has 3 N–H and O–H groups in total. The van der Waals surface area contributed by atoms with Crippen molar-refractivity contribution in [3.63, 3.8) is 0 Å². The van der Waals surface area contributed by atoms with Crippen LogP contribution in [0.2, 0.25) is 0 Å².